The third kappa shape index (κ3) is 2.79. The number of aromatic nitrogens is 2. The van der Waals surface area contributed by atoms with Gasteiger partial charge in [-0.3, -0.25) is 0 Å². The van der Waals surface area contributed by atoms with Gasteiger partial charge >= 0.3 is 0 Å². The summed E-state index contributed by atoms with van der Waals surface area (Å²) in [5.41, 5.74) is -0.0434. The number of hydrogen-bond donors (Lipinski definition) is 1. The molecule has 0 fully saturated rings. The van der Waals surface area contributed by atoms with Crippen molar-refractivity contribution < 1.29 is 4.74 Å². The summed E-state index contributed by atoms with van der Waals surface area (Å²) in [7, 11) is 3.61. The van der Waals surface area contributed by atoms with E-state index >= 15 is 0 Å². The van der Waals surface area contributed by atoms with Crippen molar-refractivity contribution in [1.29, 1.82) is 0 Å². The van der Waals surface area contributed by atoms with Crippen molar-refractivity contribution >= 4 is 27.4 Å². The van der Waals surface area contributed by atoms with Crippen molar-refractivity contribution in [3.05, 3.63) is 16.8 Å². The standard InChI is InChI=1S/C15H23N3OS/c1-7-9-8-10-12(16-5)17-13(18-14(10)20-9)11(19-6)15(2,3)4/h8,11H,7H2,1-6H3,(H,16,17,18). The van der Waals surface area contributed by atoms with E-state index < -0.39 is 0 Å². The number of thiophene rings is 1. The number of nitrogens with one attached hydrogen (secondary N) is 1. The summed E-state index contributed by atoms with van der Waals surface area (Å²) in [5.74, 6) is 1.63. The second-order valence-electron chi connectivity index (χ2n) is 5.95. The summed E-state index contributed by atoms with van der Waals surface area (Å²) in [4.78, 5) is 11.8. The second kappa shape index (κ2) is 5.66. The zero-order valence-electron chi connectivity index (χ0n) is 13.1. The van der Waals surface area contributed by atoms with Gasteiger partial charge in [0.1, 0.15) is 16.8 Å². The fraction of sp³-hybridized carbons (Fsp3) is 0.600. The summed E-state index contributed by atoms with van der Waals surface area (Å²) >= 11 is 1.73. The molecule has 110 valence electrons. The quantitative estimate of drug-likeness (QED) is 0.924. The van der Waals surface area contributed by atoms with Gasteiger partial charge in [0, 0.05) is 19.0 Å². The summed E-state index contributed by atoms with van der Waals surface area (Å²) in [6.45, 7) is 8.57. The molecule has 2 aromatic heterocycles. The summed E-state index contributed by atoms with van der Waals surface area (Å²) < 4.78 is 5.63. The topological polar surface area (TPSA) is 47.0 Å². The van der Waals surface area contributed by atoms with Crippen LogP contribution in [-0.4, -0.2) is 24.1 Å². The average molecular weight is 293 g/mol. The van der Waals surface area contributed by atoms with Crippen LogP contribution in [0.1, 0.15) is 44.5 Å². The normalized spacial score (nSPS) is 13.7. The molecular formula is C15H23N3OS. The number of ether oxygens (including phenoxy) is 1. The van der Waals surface area contributed by atoms with Crippen LogP contribution in [-0.2, 0) is 11.2 Å². The van der Waals surface area contributed by atoms with Crippen LogP contribution in [0.3, 0.4) is 0 Å². The largest absolute Gasteiger partial charge is 0.373 e. The maximum Gasteiger partial charge on any atom is 0.161 e. The highest BCUT2D eigenvalue weighted by Crippen LogP contribution is 2.37. The molecule has 0 aliphatic rings. The minimum Gasteiger partial charge on any atom is -0.373 e. The first-order valence-corrected chi connectivity index (χ1v) is 7.73. The summed E-state index contributed by atoms with van der Waals surface area (Å²) in [6, 6.07) is 2.18. The van der Waals surface area contributed by atoms with Gasteiger partial charge in [-0.15, -0.1) is 11.3 Å². The lowest BCUT2D eigenvalue weighted by molar-refractivity contribution is 0.00904. The van der Waals surface area contributed by atoms with E-state index in [1.165, 1.54) is 4.88 Å². The summed E-state index contributed by atoms with van der Waals surface area (Å²) in [5, 5.41) is 4.28. The predicted molar refractivity (Wildman–Crippen MR) is 85.5 cm³/mol. The molecular weight excluding hydrogens is 270 g/mol. The molecule has 1 N–H and O–H groups in total. The van der Waals surface area contributed by atoms with Crippen molar-refractivity contribution in [3.8, 4) is 0 Å². The third-order valence-corrected chi connectivity index (χ3v) is 4.48. The molecule has 0 radical (unpaired) electrons. The van der Waals surface area contributed by atoms with Crippen LogP contribution in [0.15, 0.2) is 6.07 Å². The molecule has 2 rings (SSSR count). The Bertz CT molecular complexity index is 601. The van der Waals surface area contributed by atoms with Crippen LogP contribution < -0.4 is 5.32 Å². The van der Waals surface area contributed by atoms with E-state index in [0.717, 1.165) is 28.3 Å². The number of methoxy groups -OCH3 is 1. The average Bonchev–Trinajstić information content (AvgIpc) is 2.79. The van der Waals surface area contributed by atoms with Crippen molar-refractivity contribution in [3.63, 3.8) is 0 Å². The zero-order chi connectivity index (χ0) is 14.9. The highest BCUT2D eigenvalue weighted by atomic mass is 32.1. The first-order valence-electron chi connectivity index (χ1n) is 6.91. The van der Waals surface area contributed by atoms with E-state index in [-0.39, 0.29) is 11.5 Å². The molecule has 0 aliphatic heterocycles. The number of fused-ring (bicyclic) bond motifs is 1. The van der Waals surface area contributed by atoms with Gasteiger partial charge in [-0.1, -0.05) is 27.7 Å². The van der Waals surface area contributed by atoms with Crippen LogP contribution in [0.25, 0.3) is 10.2 Å². The smallest absolute Gasteiger partial charge is 0.161 e. The molecule has 0 bridgehead atoms. The summed E-state index contributed by atoms with van der Waals surface area (Å²) in [6.07, 6.45) is 0.901. The van der Waals surface area contributed by atoms with Crippen LogP contribution in [0.2, 0.25) is 0 Å². The Morgan fingerprint density at radius 3 is 2.55 bits per heavy atom. The molecule has 0 spiro atoms. The molecule has 0 aliphatic carbocycles. The van der Waals surface area contributed by atoms with Gasteiger partial charge in [0.2, 0.25) is 0 Å². The van der Waals surface area contributed by atoms with Gasteiger partial charge in [0.05, 0.1) is 5.39 Å². The Labute approximate surface area is 124 Å². The third-order valence-electron chi connectivity index (χ3n) is 3.30. The van der Waals surface area contributed by atoms with Gasteiger partial charge < -0.3 is 10.1 Å². The number of nitrogens with zero attached hydrogens (tertiary/aromatic N) is 2. The van der Waals surface area contributed by atoms with Crippen LogP contribution in [0.4, 0.5) is 5.82 Å². The maximum atomic E-state index is 5.63. The van der Waals surface area contributed by atoms with E-state index in [9.17, 15) is 0 Å². The van der Waals surface area contributed by atoms with Gasteiger partial charge in [0.25, 0.3) is 0 Å². The number of anilines is 1. The van der Waals surface area contributed by atoms with E-state index in [0.29, 0.717) is 0 Å². The molecule has 20 heavy (non-hydrogen) atoms. The molecule has 2 aromatic rings. The van der Waals surface area contributed by atoms with Crippen molar-refractivity contribution in [2.75, 3.05) is 19.5 Å². The van der Waals surface area contributed by atoms with Gasteiger partial charge in [0.15, 0.2) is 5.82 Å². The lowest BCUT2D eigenvalue weighted by Crippen LogP contribution is -2.22. The van der Waals surface area contributed by atoms with Crippen molar-refractivity contribution in [2.45, 2.75) is 40.2 Å². The van der Waals surface area contributed by atoms with E-state index in [2.05, 4.69) is 44.1 Å². The molecule has 5 heteroatoms. The number of aryl methyl sites for hydroxylation is 1. The minimum absolute atomic E-state index is 0.0434. The number of hydrogen-bond acceptors (Lipinski definition) is 5. The molecule has 0 aromatic carbocycles. The Kier molecular flexibility index (Phi) is 4.30. The Hall–Kier alpha value is -1.20. The second-order valence-corrected chi connectivity index (χ2v) is 7.06. The highest BCUT2D eigenvalue weighted by Gasteiger charge is 2.29. The Balaban J connectivity index is 2.60. The van der Waals surface area contributed by atoms with E-state index in [4.69, 9.17) is 9.72 Å². The van der Waals surface area contributed by atoms with Gasteiger partial charge in [-0.2, -0.15) is 0 Å². The van der Waals surface area contributed by atoms with Crippen molar-refractivity contribution in [1.82, 2.24) is 9.97 Å². The fourth-order valence-electron chi connectivity index (χ4n) is 2.32. The SMILES string of the molecule is CCc1cc2c(NC)nc(C(OC)C(C)(C)C)nc2s1. The highest BCUT2D eigenvalue weighted by molar-refractivity contribution is 7.18. The molecule has 0 amide bonds. The minimum atomic E-state index is -0.119. The Morgan fingerprint density at radius 2 is 2.05 bits per heavy atom. The van der Waals surface area contributed by atoms with E-state index in [1.54, 1.807) is 18.4 Å². The van der Waals surface area contributed by atoms with E-state index in [1.807, 2.05) is 7.05 Å². The van der Waals surface area contributed by atoms with Crippen LogP contribution in [0.5, 0.6) is 0 Å². The first-order chi connectivity index (χ1) is 9.40. The van der Waals surface area contributed by atoms with Gasteiger partial charge in [-0.05, 0) is 17.9 Å². The predicted octanol–water partition coefficient (Wildman–Crippen LogP) is 4.03. The molecule has 0 saturated heterocycles. The number of rotatable bonds is 4. The zero-order valence-corrected chi connectivity index (χ0v) is 13.9. The molecule has 1 atom stereocenters. The molecule has 0 saturated carbocycles. The lowest BCUT2D eigenvalue weighted by atomic mass is 9.88. The monoisotopic (exact) mass is 293 g/mol. The maximum absolute atomic E-state index is 5.63. The first kappa shape index (κ1) is 15.2. The van der Waals surface area contributed by atoms with Gasteiger partial charge in [-0.25, -0.2) is 9.97 Å². The van der Waals surface area contributed by atoms with Crippen LogP contribution in [0, 0.1) is 5.41 Å². The fourth-order valence-corrected chi connectivity index (χ4v) is 3.29. The Morgan fingerprint density at radius 1 is 1.35 bits per heavy atom. The van der Waals surface area contributed by atoms with Crippen LogP contribution >= 0.6 is 11.3 Å². The molecule has 2 heterocycles. The van der Waals surface area contributed by atoms with Crippen molar-refractivity contribution in [2.24, 2.45) is 5.41 Å². The lowest BCUT2D eigenvalue weighted by Gasteiger charge is -2.28. The molecule has 4 nitrogen and oxygen atoms in total. The molecule has 1 unspecified atom stereocenters.